The van der Waals surface area contributed by atoms with Crippen molar-refractivity contribution in [3.8, 4) is 0 Å². The molecule has 0 fully saturated rings. The molecule has 0 saturated carbocycles. The summed E-state index contributed by atoms with van der Waals surface area (Å²) in [5.74, 6) is -1.66. The highest BCUT2D eigenvalue weighted by molar-refractivity contribution is 6.58. The first-order chi connectivity index (χ1) is 14.0. The third-order valence-electron chi connectivity index (χ3n) is 3.94. The van der Waals surface area contributed by atoms with Gasteiger partial charge in [-0.15, -0.1) is 0 Å². The summed E-state index contributed by atoms with van der Waals surface area (Å²) < 4.78 is 19.5. The number of amides is 2. The number of hydrogen-bond donors (Lipinski definition) is 4. The maximum atomic E-state index is 14.3. The molecule has 0 unspecified atom stereocenters. The largest absolute Gasteiger partial charge is 0.488 e. The zero-order valence-corrected chi connectivity index (χ0v) is 17.5. The van der Waals surface area contributed by atoms with Crippen molar-refractivity contribution in [3.05, 3.63) is 64.4 Å². The van der Waals surface area contributed by atoms with Gasteiger partial charge in [-0.05, 0) is 56.1 Å². The van der Waals surface area contributed by atoms with Crippen LogP contribution in [-0.2, 0) is 4.74 Å². The summed E-state index contributed by atoms with van der Waals surface area (Å²) in [6, 6.07) is 9.18. The van der Waals surface area contributed by atoms with Gasteiger partial charge in [0.05, 0.1) is 11.6 Å². The molecule has 0 saturated heterocycles. The summed E-state index contributed by atoms with van der Waals surface area (Å²) in [7, 11) is -1.85. The predicted octanol–water partition coefficient (Wildman–Crippen LogP) is 2.15. The van der Waals surface area contributed by atoms with Gasteiger partial charge in [-0.25, -0.2) is 9.18 Å². The minimum Gasteiger partial charge on any atom is -0.444 e. The predicted molar refractivity (Wildman–Crippen MR) is 112 cm³/mol. The van der Waals surface area contributed by atoms with Crippen LogP contribution in [0.15, 0.2) is 42.5 Å². The van der Waals surface area contributed by atoms with Gasteiger partial charge < -0.3 is 25.4 Å². The topological polar surface area (TPSA) is 108 Å². The van der Waals surface area contributed by atoms with Crippen molar-refractivity contribution in [1.82, 2.24) is 10.6 Å². The third kappa shape index (κ3) is 7.02. The van der Waals surface area contributed by atoms with E-state index in [-0.39, 0.29) is 17.6 Å². The Labute approximate surface area is 179 Å². The zero-order chi connectivity index (χ0) is 22.5. The summed E-state index contributed by atoms with van der Waals surface area (Å²) in [5, 5.41) is 23.9. The maximum absolute atomic E-state index is 14.3. The fourth-order valence-corrected chi connectivity index (χ4v) is 2.79. The van der Waals surface area contributed by atoms with Crippen molar-refractivity contribution in [2.75, 3.05) is 6.54 Å². The number of benzene rings is 2. The van der Waals surface area contributed by atoms with Crippen LogP contribution in [0.2, 0.25) is 5.02 Å². The van der Waals surface area contributed by atoms with E-state index < -0.39 is 36.6 Å². The van der Waals surface area contributed by atoms with Crippen molar-refractivity contribution in [3.63, 3.8) is 0 Å². The molecule has 0 radical (unpaired) electrons. The monoisotopic (exact) mass is 436 g/mol. The molecule has 2 aromatic rings. The highest BCUT2D eigenvalue weighted by Gasteiger charge is 2.22. The summed E-state index contributed by atoms with van der Waals surface area (Å²) >= 11 is 6.03. The Hall–Kier alpha value is -2.62. The quantitative estimate of drug-likeness (QED) is 0.519. The number of nitrogens with one attached hydrogen (secondary N) is 2. The third-order valence-corrected chi connectivity index (χ3v) is 4.18. The van der Waals surface area contributed by atoms with Crippen molar-refractivity contribution >= 4 is 36.2 Å². The normalized spacial score (nSPS) is 12.1. The molecule has 0 aliphatic heterocycles. The van der Waals surface area contributed by atoms with Crippen LogP contribution in [0.3, 0.4) is 0 Å². The minimum atomic E-state index is -1.85. The van der Waals surface area contributed by atoms with Crippen molar-refractivity contribution in [2.24, 2.45) is 0 Å². The van der Waals surface area contributed by atoms with Crippen LogP contribution in [0, 0.1) is 5.82 Å². The molecule has 1 atom stereocenters. The molecule has 10 heteroatoms. The van der Waals surface area contributed by atoms with Crippen molar-refractivity contribution in [1.29, 1.82) is 0 Å². The van der Waals surface area contributed by atoms with Crippen LogP contribution >= 0.6 is 11.6 Å². The van der Waals surface area contributed by atoms with Gasteiger partial charge in [0.25, 0.3) is 5.91 Å². The molecular formula is C20H23BClFN2O5. The fraction of sp³-hybridized carbons (Fsp3) is 0.300. The van der Waals surface area contributed by atoms with E-state index in [1.165, 1.54) is 6.07 Å². The molecule has 0 aliphatic rings. The molecule has 2 rings (SSSR count). The minimum absolute atomic E-state index is 0.0317. The lowest BCUT2D eigenvalue weighted by molar-refractivity contribution is 0.0519. The van der Waals surface area contributed by atoms with Crippen LogP contribution in [0.25, 0.3) is 0 Å². The van der Waals surface area contributed by atoms with E-state index in [0.29, 0.717) is 10.6 Å². The summed E-state index contributed by atoms with van der Waals surface area (Å²) in [6.07, 6.45) is -0.670. The van der Waals surface area contributed by atoms with Crippen molar-refractivity contribution in [2.45, 2.75) is 32.4 Å². The lowest BCUT2D eigenvalue weighted by Crippen LogP contribution is -2.40. The first-order valence-electron chi connectivity index (χ1n) is 9.15. The van der Waals surface area contributed by atoms with Crippen LogP contribution in [0.5, 0.6) is 0 Å². The van der Waals surface area contributed by atoms with E-state index in [1.54, 1.807) is 45.0 Å². The molecule has 30 heavy (non-hydrogen) atoms. The van der Waals surface area contributed by atoms with E-state index in [4.69, 9.17) is 26.4 Å². The van der Waals surface area contributed by atoms with Gasteiger partial charge >= 0.3 is 13.2 Å². The van der Waals surface area contributed by atoms with Crippen LogP contribution in [0.1, 0.15) is 42.7 Å². The van der Waals surface area contributed by atoms with Gasteiger partial charge in [0.2, 0.25) is 0 Å². The smallest absolute Gasteiger partial charge is 0.444 e. The standard InChI is InChI=1S/C20H23BClFN2O5/c1-20(2,3)30-19(27)24-11-17(12-5-4-6-14(22)9-12)25-18(26)15-8-7-13(21(28)29)10-16(15)23/h4-10,17,28-29H,11H2,1-3H3,(H,24,27)(H,25,26)/t17-/m1/s1. The fourth-order valence-electron chi connectivity index (χ4n) is 2.59. The molecular weight excluding hydrogens is 413 g/mol. The molecule has 0 bridgehead atoms. The second-order valence-electron chi connectivity index (χ2n) is 7.58. The van der Waals surface area contributed by atoms with Gasteiger partial charge in [0.15, 0.2) is 0 Å². The number of ether oxygens (including phenoxy) is 1. The number of halogens is 2. The Morgan fingerprint density at radius 1 is 1.20 bits per heavy atom. The summed E-state index contributed by atoms with van der Waals surface area (Å²) in [6.45, 7) is 5.13. The van der Waals surface area contributed by atoms with Gasteiger partial charge in [0.1, 0.15) is 11.4 Å². The van der Waals surface area contributed by atoms with Gasteiger partial charge in [-0.2, -0.15) is 0 Å². The molecule has 0 spiro atoms. The molecule has 0 aliphatic carbocycles. The highest BCUT2D eigenvalue weighted by Crippen LogP contribution is 2.19. The molecule has 2 aromatic carbocycles. The number of carbonyl (C=O) groups is 2. The van der Waals surface area contributed by atoms with E-state index >= 15 is 0 Å². The summed E-state index contributed by atoms with van der Waals surface area (Å²) in [4.78, 5) is 24.6. The second kappa shape index (κ2) is 9.93. The zero-order valence-electron chi connectivity index (χ0n) is 16.8. The summed E-state index contributed by atoms with van der Waals surface area (Å²) in [5.41, 5.74) is -0.471. The lowest BCUT2D eigenvalue weighted by atomic mass is 9.80. The Bertz CT molecular complexity index is 920. The number of carbonyl (C=O) groups excluding carboxylic acids is 2. The Balaban J connectivity index is 2.20. The van der Waals surface area contributed by atoms with Crippen LogP contribution in [0.4, 0.5) is 9.18 Å². The number of rotatable bonds is 6. The van der Waals surface area contributed by atoms with Crippen molar-refractivity contribution < 1.29 is 28.8 Å². The van der Waals surface area contributed by atoms with E-state index in [1.807, 2.05) is 0 Å². The Kier molecular flexibility index (Phi) is 7.83. The van der Waals surface area contributed by atoms with Crippen LogP contribution < -0.4 is 16.1 Å². The second-order valence-corrected chi connectivity index (χ2v) is 8.01. The van der Waals surface area contributed by atoms with Crippen LogP contribution in [-0.4, -0.2) is 41.3 Å². The molecule has 4 N–H and O–H groups in total. The molecule has 2 amide bonds. The average molecular weight is 437 g/mol. The van der Waals surface area contributed by atoms with Gasteiger partial charge in [-0.3, -0.25) is 4.79 Å². The molecule has 160 valence electrons. The van der Waals surface area contributed by atoms with E-state index in [0.717, 1.165) is 12.1 Å². The van der Waals surface area contributed by atoms with E-state index in [9.17, 15) is 14.0 Å². The first kappa shape index (κ1) is 23.7. The number of alkyl carbamates (subject to hydrolysis) is 1. The lowest BCUT2D eigenvalue weighted by Gasteiger charge is -2.23. The van der Waals surface area contributed by atoms with Gasteiger partial charge in [0, 0.05) is 11.6 Å². The van der Waals surface area contributed by atoms with Gasteiger partial charge in [-0.1, -0.05) is 29.8 Å². The molecule has 7 nitrogen and oxygen atoms in total. The van der Waals surface area contributed by atoms with E-state index in [2.05, 4.69) is 10.6 Å². The Morgan fingerprint density at radius 2 is 1.90 bits per heavy atom. The first-order valence-corrected chi connectivity index (χ1v) is 9.53. The average Bonchev–Trinajstić information content (AvgIpc) is 2.63. The maximum Gasteiger partial charge on any atom is 0.488 e. The SMILES string of the molecule is CC(C)(C)OC(=O)NC[C@@H](NC(=O)c1ccc(B(O)O)cc1F)c1cccc(Cl)c1. The number of hydrogen-bond acceptors (Lipinski definition) is 5. The highest BCUT2D eigenvalue weighted by atomic mass is 35.5. The Morgan fingerprint density at radius 3 is 2.47 bits per heavy atom. The molecule has 0 heterocycles. The molecule has 0 aromatic heterocycles.